The van der Waals surface area contributed by atoms with Gasteiger partial charge in [-0.2, -0.15) is 11.8 Å². The number of carboxylic acid groups (broad SMARTS) is 1. The van der Waals surface area contributed by atoms with Gasteiger partial charge >= 0.3 is 5.97 Å². The molecule has 19 heavy (non-hydrogen) atoms. The minimum atomic E-state index is -0.778. The lowest BCUT2D eigenvalue weighted by Gasteiger charge is -2.33. The lowest BCUT2D eigenvalue weighted by Crippen LogP contribution is -2.45. The fourth-order valence-corrected chi connectivity index (χ4v) is 3.45. The molecule has 0 radical (unpaired) electrons. The van der Waals surface area contributed by atoms with Gasteiger partial charge in [-0.05, 0) is 24.9 Å². The van der Waals surface area contributed by atoms with Crippen molar-refractivity contribution in [2.45, 2.75) is 19.3 Å². The smallest absolute Gasteiger partial charge is 0.311 e. The van der Waals surface area contributed by atoms with Crippen LogP contribution in [0.4, 0.5) is 0 Å². The van der Waals surface area contributed by atoms with Crippen LogP contribution in [-0.2, 0) is 14.3 Å². The second-order valence-electron chi connectivity index (χ2n) is 5.35. The highest BCUT2D eigenvalue weighted by Gasteiger charge is 2.54. The lowest BCUT2D eigenvalue weighted by atomic mass is 9.74. The monoisotopic (exact) mass is 287 g/mol. The summed E-state index contributed by atoms with van der Waals surface area (Å²) in [6.45, 7) is 1.83. The molecule has 2 aliphatic heterocycles. The standard InChI is InChI=1S/C13H21NO4S/c1-19-6-2-3-11(15)14-7-10-8-18-5-4-13(10,9-14)12(16)17/h10H,2-9H2,1H3,(H,16,17)/t10-,13+/m0/s1. The number of rotatable bonds is 5. The molecule has 5 nitrogen and oxygen atoms in total. The number of hydrogen-bond donors (Lipinski definition) is 1. The van der Waals surface area contributed by atoms with E-state index in [9.17, 15) is 14.7 Å². The molecule has 2 fully saturated rings. The highest BCUT2D eigenvalue weighted by atomic mass is 32.2. The predicted octanol–water partition coefficient (Wildman–Crippen LogP) is 1.08. The van der Waals surface area contributed by atoms with E-state index in [2.05, 4.69) is 0 Å². The van der Waals surface area contributed by atoms with Crippen LogP contribution in [0.5, 0.6) is 0 Å². The summed E-state index contributed by atoms with van der Waals surface area (Å²) in [4.78, 5) is 25.4. The van der Waals surface area contributed by atoms with Gasteiger partial charge in [0.05, 0.1) is 12.0 Å². The molecule has 6 heteroatoms. The number of ether oxygens (including phenoxy) is 1. The Labute approximate surface area is 117 Å². The number of likely N-dealkylation sites (tertiary alicyclic amines) is 1. The molecular weight excluding hydrogens is 266 g/mol. The highest BCUT2D eigenvalue weighted by molar-refractivity contribution is 7.98. The molecule has 0 aliphatic carbocycles. The lowest BCUT2D eigenvalue weighted by molar-refractivity contribution is -0.157. The summed E-state index contributed by atoms with van der Waals surface area (Å²) in [5.74, 6) is 0.225. The molecule has 0 spiro atoms. The second kappa shape index (κ2) is 6.13. The van der Waals surface area contributed by atoms with Gasteiger partial charge in [-0.3, -0.25) is 9.59 Å². The minimum Gasteiger partial charge on any atom is -0.481 e. The third kappa shape index (κ3) is 2.89. The zero-order valence-electron chi connectivity index (χ0n) is 11.3. The van der Waals surface area contributed by atoms with Gasteiger partial charge in [-0.15, -0.1) is 0 Å². The molecule has 1 N–H and O–H groups in total. The molecule has 2 atom stereocenters. The van der Waals surface area contributed by atoms with E-state index in [-0.39, 0.29) is 11.8 Å². The number of thioether (sulfide) groups is 1. The van der Waals surface area contributed by atoms with Gasteiger partial charge in [0.15, 0.2) is 0 Å². The fourth-order valence-electron chi connectivity index (χ4n) is 3.02. The zero-order chi connectivity index (χ0) is 13.9. The summed E-state index contributed by atoms with van der Waals surface area (Å²) in [7, 11) is 0. The van der Waals surface area contributed by atoms with Crippen LogP contribution in [-0.4, -0.2) is 60.2 Å². The molecule has 2 rings (SSSR count). The van der Waals surface area contributed by atoms with Gasteiger partial charge in [0, 0.05) is 32.0 Å². The number of carboxylic acids is 1. The largest absolute Gasteiger partial charge is 0.481 e. The van der Waals surface area contributed by atoms with Gasteiger partial charge in [-0.25, -0.2) is 0 Å². The maximum atomic E-state index is 12.1. The molecular formula is C13H21NO4S. The second-order valence-corrected chi connectivity index (χ2v) is 6.34. The average Bonchev–Trinajstić information content (AvgIpc) is 2.79. The van der Waals surface area contributed by atoms with Crippen LogP contribution >= 0.6 is 11.8 Å². The SMILES string of the molecule is CSCCCC(=O)N1C[C@H]2COCC[C@@]2(C(=O)O)C1. The topological polar surface area (TPSA) is 66.8 Å². The van der Waals surface area contributed by atoms with Crippen molar-refractivity contribution in [3.05, 3.63) is 0 Å². The van der Waals surface area contributed by atoms with Crippen molar-refractivity contribution in [2.75, 3.05) is 38.3 Å². The zero-order valence-corrected chi connectivity index (χ0v) is 12.1. The molecule has 2 aliphatic rings. The molecule has 0 aromatic rings. The third-order valence-corrected chi connectivity index (χ3v) is 4.92. The Bertz CT molecular complexity index is 363. The van der Waals surface area contributed by atoms with Crippen molar-refractivity contribution in [1.29, 1.82) is 0 Å². The van der Waals surface area contributed by atoms with E-state index in [0.717, 1.165) is 12.2 Å². The summed E-state index contributed by atoms with van der Waals surface area (Å²) in [6, 6.07) is 0. The van der Waals surface area contributed by atoms with Crippen LogP contribution in [0.1, 0.15) is 19.3 Å². The maximum Gasteiger partial charge on any atom is 0.311 e. The normalized spacial score (nSPS) is 30.2. The van der Waals surface area contributed by atoms with E-state index in [0.29, 0.717) is 39.1 Å². The quantitative estimate of drug-likeness (QED) is 0.766. The maximum absolute atomic E-state index is 12.1. The summed E-state index contributed by atoms with van der Waals surface area (Å²) in [5.41, 5.74) is -0.770. The van der Waals surface area contributed by atoms with E-state index in [4.69, 9.17) is 4.74 Å². The fraction of sp³-hybridized carbons (Fsp3) is 0.846. The molecule has 2 heterocycles. The predicted molar refractivity (Wildman–Crippen MR) is 73.2 cm³/mol. The highest BCUT2D eigenvalue weighted by Crippen LogP contribution is 2.42. The van der Waals surface area contributed by atoms with Crippen molar-refractivity contribution in [3.63, 3.8) is 0 Å². The van der Waals surface area contributed by atoms with Crippen LogP contribution < -0.4 is 0 Å². The number of aliphatic carboxylic acids is 1. The number of carbonyl (C=O) groups excluding carboxylic acids is 1. The summed E-state index contributed by atoms with van der Waals surface area (Å²) in [5, 5.41) is 9.52. The van der Waals surface area contributed by atoms with Gasteiger partial charge in [-0.1, -0.05) is 0 Å². The Hall–Kier alpha value is -0.750. The first-order valence-electron chi connectivity index (χ1n) is 6.68. The molecule has 0 saturated carbocycles. The number of hydrogen-bond acceptors (Lipinski definition) is 4. The number of nitrogens with zero attached hydrogens (tertiary/aromatic N) is 1. The van der Waals surface area contributed by atoms with Gasteiger partial charge < -0.3 is 14.7 Å². The van der Waals surface area contributed by atoms with E-state index >= 15 is 0 Å². The summed E-state index contributed by atoms with van der Waals surface area (Å²) < 4.78 is 5.38. The minimum absolute atomic E-state index is 0.0525. The van der Waals surface area contributed by atoms with Gasteiger partial charge in [0.25, 0.3) is 0 Å². The van der Waals surface area contributed by atoms with E-state index in [1.807, 2.05) is 6.26 Å². The third-order valence-electron chi connectivity index (χ3n) is 4.22. The van der Waals surface area contributed by atoms with Crippen LogP contribution in [0.2, 0.25) is 0 Å². The number of fused-ring (bicyclic) bond motifs is 1. The molecule has 0 bridgehead atoms. The first kappa shape index (κ1) is 14.7. The summed E-state index contributed by atoms with van der Waals surface area (Å²) in [6.07, 6.45) is 3.91. The summed E-state index contributed by atoms with van der Waals surface area (Å²) >= 11 is 1.73. The molecule has 108 valence electrons. The molecule has 0 unspecified atom stereocenters. The van der Waals surface area contributed by atoms with Crippen LogP contribution in [0.15, 0.2) is 0 Å². The van der Waals surface area contributed by atoms with Crippen molar-refractivity contribution in [2.24, 2.45) is 11.3 Å². The average molecular weight is 287 g/mol. The Morgan fingerprint density at radius 3 is 2.95 bits per heavy atom. The first-order chi connectivity index (χ1) is 9.10. The van der Waals surface area contributed by atoms with Gasteiger partial charge in [0.2, 0.25) is 5.91 Å². The Kier molecular flexibility index (Phi) is 4.73. The number of amides is 1. The van der Waals surface area contributed by atoms with Crippen molar-refractivity contribution >= 4 is 23.6 Å². The molecule has 0 aromatic carbocycles. The van der Waals surface area contributed by atoms with Crippen molar-refractivity contribution < 1.29 is 19.4 Å². The van der Waals surface area contributed by atoms with E-state index in [1.165, 1.54) is 0 Å². The first-order valence-corrected chi connectivity index (χ1v) is 8.07. The van der Waals surface area contributed by atoms with Crippen molar-refractivity contribution in [3.8, 4) is 0 Å². The van der Waals surface area contributed by atoms with Crippen LogP contribution in [0, 0.1) is 11.3 Å². The Morgan fingerprint density at radius 1 is 1.53 bits per heavy atom. The molecule has 0 aromatic heterocycles. The Balaban J connectivity index is 1.99. The van der Waals surface area contributed by atoms with E-state index in [1.54, 1.807) is 16.7 Å². The Morgan fingerprint density at radius 2 is 2.32 bits per heavy atom. The van der Waals surface area contributed by atoms with Crippen molar-refractivity contribution in [1.82, 2.24) is 4.90 Å². The van der Waals surface area contributed by atoms with Gasteiger partial charge in [0.1, 0.15) is 0 Å². The molecule has 2 saturated heterocycles. The molecule has 1 amide bonds. The van der Waals surface area contributed by atoms with E-state index < -0.39 is 11.4 Å². The number of carbonyl (C=O) groups is 2. The van der Waals surface area contributed by atoms with Crippen LogP contribution in [0.3, 0.4) is 0 Å². The van der Waals surface area contributed by atoms with Crippen LogP contribution in [0.25, 0.3) is 0 Å².